The fourth-order valence-corrected chi connectivity index (χ4v) is 4.19. The van der Waals surface area contributed by atoms with Gasteiger partial charge in [-0.2, -0.15) is 5.10 Å². The van der Waals surface area contributed by atoms with Crippen molar-refractivity contribution in [3.05, 3.63) is 65.5 Å². The summed E-state index contributed by atoms with van der Waals surface area (Å²) in [5, 5.41) is 14.3. The number of non-ortho nitro benzene ring substituents is 1. The number of hydrogen-bond donors (Lipinski definition) is 1. The van der Waals surface area contributed by atoms with Gasteiger partial charge in [0.1, 0.15) is 5.75 Å². The minimum Gasteiger partial charge on any atom is -0.481 e. The van der Waals surface area contributed by atoms with Crippen molar-refractivity contribution >= 4 is 65.6 Å². The Labute approximate surface area is 168 Å². The minimum absolute atomic E-state index is 0.0137. The van der Waals surface area contributed by atoms with E-state index in [1.54, 1.807) is 12.1 Å². The Bertz CT molecular complexity index is 802. The lowest BCUT2D eigenvalue weighted by atomic mass is 10.2. The summed E-state index contributed by atoms with van der Waals surface area (Å²) in [4.78, 5) is 21.8. The van der Waals surface area contributed by atoms with Crippen LogP contribution in [0.5, 0.6) is 5.75 Å². The first-order chi connectivity index (χ1) is 11.9. The molecule has 2 rings (SSSR count). The second kappa shape index (κ2) is 9.07. The lowest BCUT2D eigenvalue weighted by Crippen LogP contribution is -2.24. The molecule has 10 heteroatoms. The second-order valence-electron chi connectivity index (χ2n) is 4.63. The summed E-state index contributed by atoms with van der Waals surface area (Å²) in [6.45, 7) is -0.226. The molecule has 0 heterocycles. The van der Waals surface area contributed by atoms with Crippen LogP contribution in [0.4, 0.5) is 5.69 Å². The molecule has 0 aliphatic carbocycles. The summed E-state index contributed by atoms with van der Waals surface area (Å²) < 4.78 is 7.69. The normalized spacial score (nSPS) is 10.7. The molecule has 0 radical (unpaired) electrons. The predicted molar refractivity (Wildman–Crippen MR) is 104 cm³/mol. The van der Waals surface area contributed by atoms with Crippen molar-refractivity contribution in [1.29, 1.82) is 0 Å². The maximum Gasteiger partial charge on any atom is 0.277 e. The van der Waals surface area contributed by atoms with E-state index in [4.69, 9.17) is 4.74 Å². The highest BCUT2D eigenvalue weighted by Gasteiger charge is 2.10. The zero-order valence-electron chi connectivity index (χ0n) is 12.4. The number of amides is 1. The van der Waals surface area contributed by atoms with Gasteiger partial charge in [-0.1, -0.05) is 15.9 Å². The molecule has 2 aromatic carbocycles. The Balaban J connectivity index is 1.87. The Kier molecular flexibility index (Phi) is 7.09. The van der Waals surface area contributed by atoms with E-state index in [0.717, 1.165) is 4.47 Å². The third-order valence-corrected chi connectivity index (χ3v) is 4.45. The van der Waals surface area contributed by atoms with E-state index >= 15 is 0 Å². The SMILES string of the molecule is O=C(COc1c(Br)cc(Br)cc1Br)N/N=C\c1ccc([N+](=O)[O-])cc1. The second-order valence-corrected chi connectivity index (χ2v) is 7.25. The van der Waals surface area contributed by atoms with Crippen LogP contribution in [0.25, 0.3) is 0 Å². The quantitative estimate of drug-likeness (QED) is 0.337. The van der Waals surface area contributed by atoms with Gasteiger partial charge in [0, 0.05) is 16.6 Å². The standard InChI is InChI=1S/C15H10Br3N3O4/c16-10-5-12(17)15(13(18)6-10)25-8-14(22)20-19-7-9-1-3-11(4-2-9)21(23)24/h1-7H,8H2,(H,20,22)/b19-7-. The summed E-state index contributed by atoms with van der Waals surface area (Å²) in [7, 11) is 0. The first-order valence-electron chi connectivity index (χ1n) is 6.70. The van der Waals surface area contributed by atoms with E-state index in [2.05, 4.69) is 58.3 Å². The molecule has 25 heavy (non-hydrogen) atoms. The number of nitro benzene ring substituents is 1. The van der Waals surface area contributed by atoms with Gasteiger partial charge >= 0.3 is 0 Å². The number of nitro groups is 1. The Morgan fingerprint density at radius 1 is 1.20 bits per heavy atom. The van der Waals surface area contributed by atoms with Crippen molar-refractivity contribution in [2.75, 3.05) is 6.61 Å². The average Bonchev–Trinajstić information content (AvgIpc) is 2.54. The molecule has 0 aliphatic heterocycles. The van der Waals surface area contributed by atoms with Crippen molar-refractivity contribution in [3.63, 3.8) is 0 Å². The van der Waals surface area contributed by atoms with Gasteiger partial charge in [-0.3, -0.25) is 14.9 Å². The van der Waals surface area contributed by atoms with Gasteiger partial charge in [0.15, 0.2) is 6.61 Å². The lowest BCUT2D eigenvalue weighted by molar-refractivity contribution is -0.384. The fourth-order valence-electron chi connectivity index (χ4n) is 1.70. The van der Waals surface area contributed by atoms with Crippen LogP contribution >= 0.6 is 47.8 Å². The predicted octanol–water partition coefficient (Wildman–Crippen LogP) is 4.41. The smallest absolute Gasteiger partial charge is 0.277 e. The van der Waals surface area contributed by atoms with Crippen molar-refractivity contribution in [1.82, 2.24) is 5.43 Å². The van der Waals surface area contributed by atoms with E-state index in [9.17, 15) is 14.9 Å². The van der Waals surface area contributed by atoms with E-state index in [1.807, 2.05) is 0 Å². The minimum atomic E-state index is -0.488. The molecule has 0 aliphatic rings. The maximum absolute atomic E-state index is 11.8. The van der Waals surface area contributed by atoms with Crippen LogP contribution in [0.3, 0.4) is 0 Å². The molecule has 2 aromatic rings. The highest BCUT2D eigenvalue weighted by molar-refractivity contribution is 9.11. The molecule has 0 saturated carbocycles. The monoisotopic (exact) mass is 533 g/mol. The van der Waals surface area contributed by atoms with Crippen LogP contribution in [0.15, 0.2) is 54.9 Å². The molecule has 1 N–H and O–H groups in total. The highest BCUT2D eigenvalue weighted by Crippen LogP contribution is 2.36. The average molecular weight is 536 g/mol. The van der Waals surface area contributed by atoms with E-state index in [-0.39, 0.29) is 12.3 Å². The van der Waals surface area contributed by atoms with E-state index in [1.165, 1.54) is 30.5 Å². The van der Waals surface area contributed by atoms with Gasteiger partial charge in [0.25, 0.3) is 11.6 Å². The van der Waals surface area contributed by atoms with Gasteiger partial charge in [0.05, 0.1) is 20.1 Å². The summed E-state index contributed by atoms with van der Waals surface area (Å²) in [5.41, 5.74) is 2.92. The third-order valence-electron chi connectivity index (χ3n) is 2.82. The van der Waals surface area contributed by atoms with Crippen LogP contribution in [0.2, 0.25) is 0 Å². The number of carbonyl (C=O) groups is 1. The lowest BCUT2D eigenvalue weighted by Gasteiger charge is -2.09. The summed E-state index contributed by atoms with van der Waals surface area (Å²) >= 11 is 10.1. The van der Waals surface area contributed by atoms with Crippen molar-refractivity contribution < 1.29 is 14.5 Å². The largest absolute Gasteiger partial charge is 0.481 e. The van der Waals surface area contributed by atoms with Crippen molar-refractivity contribution in [2.45, 2.75) is 0 Å². The van der Waals surface area contributed by atoms with Crippen LogP contribution in [0.1, 0.15) is 5.56 Å². The Morgan fingerprint density at radius 2 is 1.80 bits per heavy atom. The number of nitrogens with zero attached hydrogens (tertiary/aromatic N) is 2. The molecule has 0 spiro atoms. The summed E-state index contributed by atoms with van der Waals surface area (Å²) in [5.74, 6) is 0.0533. The zero-order valence-corrected chi connectivity index (χ0v) is 17.2. The van der Waals surface area contributed by atoms with Gasteiger partial charge < -0.3 is 4.74 Å². The van der Waals surface area contributed by atoms with Crippen LogP contribution < -0.4 is 10.2 Å². The van der Waals surface area contributed by atoms with E-state index < -0.39 is 10.8 Å². The van der Waals surface area contributed by atoms with Gasteiger partial charge in [-0.25, -0.2) is 5.43 Å². The molecule has 0 atom stereocenters. The van der Waals surface area contributed by atoms with Gasteiger partial charge in [-0.05, 0) is 61.7 Å². The molecule has 1 amide bonds. The molecular weight excluding hydrogens is 526 g/mol. The number of ether oxygens (including phenoxy) is 1. The number of rotatable bonds is 6. The van der Waals surface area contributed by atoms with Crippen LogP contribution in [0, 0.1) is 10.1 Å². The van der Waals surface area contributed by atoms with Crippen LogP contribution in [-0.2, 0) is 4.79 Å². The molecular formula is C15H10Br3N3O4. The molecule has 7 nitrogen and oxygen atoms in total. The Morgan fingerprint density at radius 3 is 2.36 bits per heavy atom. The van der Waals surface area contributed by atoms with Crippen molar-refractivity contribution in [3.8, 4) is 5.75 Å². The summed E-state index contributed by atoms with van der Waals surface area (Å²) in [6, 6.07) is 9.36. The maximum atomic E-state index is 11.8. The number of halogens is 3. The third kappa shape index (κ3) is 5.91. The molecule has 0 aromatic heterocycles. The summed E-state index contributed by atoms with van der Waals surface area (Å²) in [6.07, 6.45) is 1.38. The molecule has 0 fully saturated rings. The topological polar surface area (TPSA) is 93.8 Å². The van der Waals surface area contributed by atoms with Gasteiger partial charge in [0.2, 0.25) is 0 Å². The fraction of sp³-hybridized carbons (Fsp3) is 0.0667. The van der Waals surface area contributed by atoms with E-state index in [0.29, 0.717) is 20.3 Å². The van der Waals surface area contributed by atoms with Gasteiger partial charge in [-0.15, -0.1) is 0 Å². The molecule has 0 bridgehead atoms. The molecule has 130 valence electrons. The number of hydrazone groups is 1. The molecule has 0 unspecified atom stereocenters. The first kappa shape index (κ1) is 19.5. The number of benzene rings is 2. The Hall–Kier alpha value is -1.78. The molecule has 0 saturated heterocycles. The number of nitrogens with one attached hydrogen (secondary N) is 1. The number of carbonyl (C=O) groups excluding carboxylic acids is 1. The first-order valence-corrected chi connectivity index (χ1v) is 9.08. The number of hydrogen-bond acceptors (Lipinski definition) is 5. The highest BCUT2D eigenvalue weighted by atomic mass is 79.9. The van der Waals surface area contributed by atoms with Crippen molar-refractivity contribution in [2.24, 2.45) is 5.10 Å². The van der Waals surface area contributed by atoms with Crippen LogP contribution in [-0.4, -0.2) is 23.7 Å². The zero-order chi connectivity index (χ0) is 18.4.